The van der Waals surface area contributed by atoms with E-state index in [1.54, 1.807) is 0 Å². The maximum atomic E-state index is 5.58. The van der Waals surface area contributed by atoms with Gasteiger partial charge in [-0.3, -0.25) is 0 Å². The largest absolute Gasteiger partial charge is 0.381 e. The van der Waals surface area contributed by atoms with Gasteiger partial charge in [0.15, 0.2) is 5.82 Å². The fraction of sp³-hybridized carbons (Fsp3) is 0.867. The first-order chi connectivity index (χ1) is 9.88. The first kappa shape index (κ1) is 14.0. The number of nitrogens with one attached hydrogen (secondary N) is 1. The molecule has 1 aromatic rings. The zero-order chi connectivity index (χ0) is 13.8. The second-order valence-corrected chi connectivity index (χ2v) is 5.96. The molecule has 1 aromatic heterocycles. The third kappa shape index (κ3) is 3.04. The van der Waals surface area contributed by atoms with Crippen molar-refractivity contribution in [3.63, 3.8) is 0 Å². The van der Waals surface area contributed by atoms with Gasteiger partial charge in [0.05, 0.1) is 12.5 Å². The van der Waals surface area contributed by atoms with Crippen LogP contribution < -0.4 is 5.32 Å². The molecular weight excluding hydrogens is 254 g/mol. The van der Waals surface area contributed by atoms with Gasteiger partial charge in [-0.15, -0.1) is 0 Å². The van der Waals surface area contributed by atoms with Crippen LogP contribution in [-0.4, -0.2) is 35.9 Å². The van der Waals surface area contributed by atoms with E-state index in [2.05, 4.69) is 17.4 Å². The summed E-state index contributed by atoms with van der Waals surface area (Å²) in [6.07, 6.45) is 7.13. The quantitative estimate of drug-likeness (QED) is 0.918. The molecule has 5 nitrogen and oxygen atoms in total. The predicted octanol–water partition coefficient (Wildman–Crippen LogP) is 2.60. The molecule has 0 radical (unpaired) electrons. The van der Waals surface area contributed by atoms with E-state index in [-0.39, 0.29) is 0 Å². The number of hydrogen-bond donors (Lipinski definition) is 1. The van der Waals surface area contributed by atoms with E-state index in [0.717, 1.165) is 50.7 Å². The second-order valence-electron chi connectivity index (χ2n) is 5.96. The van der Waals surface area contributed by atoms with E-state index < -0.39 is 0 Å². The Labute approximate surface area is 120 Å². The predicted molar refractivity (Wildman–Crippen MR) is 75.8 cm³/mol. The highest BCUT2D eigenvalue weighted by atomic mass is 16.5. The number of likely N-dealkylation sites (N-methyl/N-ethyl adjacent to an activating group) is 1. The molecule has 0 spiro atoms. The summed E-state index contributed by atoms with van der Waals surface area (Å²) in [5.74, 6) is 2.38. The molecule has 5 heteroatoms. The Kier molecular flexibility index (Phi) is 4.68. The molecule has 20 heavy (non-hydrogen) atoms. The van der Waals surface area contributed by atoms with Crippen LogP contribution in [0.1, 0.15) is 69.0 Å². The molecule has 0 aromatic carbocycles. The minimum Gasteiger partial charge on any atom is -0.381 e. The van der Waals surface area contributed by atoms with Crippen LogP contribution in [-0.2, 0) is 4.74 Å². The third-order valence-electron chi connectivity index (χ3n) is 4.53. The maximum absolute atomic E-state index is 5.58. The average Bonchev–Trinajstić information content (AvgIpc) is 2.99. The van der Waals surface area contributed by atoms with Crippen molar-refractivity contribution >= 4 is 0 Å². The van der Waals surface area contributed by atoms with Gasteiger partial charge in [-0.1, -0.05) is 24.9 Å². The molecule has 0 amide bonds. The van der Waals surface area contributed by atoms with Crippen LogP contribution in [0.2, 0.25) is 0 Å². The van der Waals surface area contributed by atoms with Crippen molar-refractivity contribution in [2.24, 2.45) is 0 Å². The molecule has 1 saturated heterocycles. The van der Waals surface area contributed by atoms with Gasteiger partial charge < -0.3 is 14.6 Å². The zero-order valence-electron chi connectivity index (χ0n) is 12.3. The molecule has 2 heterocycles. The summed E-state index contributed by atoms with van der Waals surface area (Å²) >= 11 is 0. The molecule has 1 aliphatic carbocycles. The Morgan fingerprint density at radius 2 is 2.10 bits per heavy atom. The van der Waals surface area contributed by atoms with Gasteiger partial charge in [0.2, 0.25) is 5.89 Å². The van der Waals surface area contributed by atoms with Crippen molar-refractivity contribution in [3.05, 3.63) is 11.7 Å². The molecule has 3 atom stereocenters. The lowest BCUT2D eigenvalue weighted by Crippen LogP contribution is -2.37. The highest BCUT2D eigenvalue weighted by Gasteiger charge is 2.31. The van der Waals surface area contributed by atoms with Crippen molar-refractivity contribution in [2.45, 2.75) is 63.3 Å². The van der Waals surface area contributed by atoms with Crippen molar-refractivity contribution in [3.8, 4) is 0 Å². The van der Waals surface area contributed by atoms with Gasteiger partial charge in [0.1, 0.15) is 0 Å². The van der Waals surface area contributed by atoms with Crippen molar-refractivity contribution < 1.29 is 9.26 Å². The minimum atomic E-state index is 0.322. The van der Waals surface area contributed by atoms with Crippen molar-refractivity contribution in [1.29, 1.82) is 0 Å². The van der Waals surface area contributed by atoms with Gasteiger partial charge >= 0.3 is 0 Å². The number of hydrogen-bond acceptors (Lipinski definition) is 5. The maximum Gasteiger partial charge on any atom is 0.231 e. The molecule has 1 N–H and O–H groups in total. The van der Waals surface area contributed by atoms with Gasteiger partial charge in [0.25, 0.3) is 0 Å². The smallest absolute Gasteiger partial charge is 0.231 e. The summed E-state index contributed by atoms with van der Waals surface area (Å²) in [6.45, 7) is 4.76. The molecular formula is C15H25N3O2. The molecule has 1 saturated carbocycles. The van der Waals surface area contributed by atoms with Gasteiger partial charge in [0, 0.05) is 18.6 Å². The van der Waals surface area contributed by atoms with E-state index in [0.29, 0.717) is 17.9 Å². The Morgan fingerprint density at radius 1 is 1.20 bits per heavy atom. The monoisotopic (exact) mass is 279 g/mol. The standard InChI is InChI=1S/C15H25N3O2/c1-2-16-13-8-4-3-7-12(13)15-17-14(18-20-15)11-6-5-9-19-10-11/h11-13,16H,2-10H2,1H3. The SMILES string of the molecule is CCNC1CCCCC1c1nc(C2CCCOC2)no1. The van der Waals surface area contributed by atoms with E-state index in [4.69, 9.17) is 14.2 Å². The number of ether oxygens (including phenoxy) is 1. The highest BCUT2D eigenvalue weighted by Crippen LogP contribution is 2.33. The molecule has 2 aliphatic rings. The normalized spacial score (nSPS) is 31.4. The summed E-state index contributed by atoms with van der Waals surface area (Å²) < 4.78 is 11.1. The lowest BCUT2D eigenvalue weighted by molar-refractivity contribution is 0.0773. The topological polar surface area (TPSA) is 60.2 Å². The zero-order valence-corrected chi connectivity index (χ0v) is 12.3. The van der Waals surface area contributed by atoms with Gasteiger partial charge in [-0.2, -0.15) is 4.98 Å². The Bertz CT molecular complexity index is 413. The third-order valence-corrected chi connectivity index (χ3v) is 4.53. The number of rotatable bonds is 4. The van der Waals surface area contributed by atoms with Crippen LogP contribution in [0.3, 0.4) is 0 Å². The number of aromatic nitrogens is 2. The second kappa shape index (κ2) is 6.68. The van der Waals surface area contributed by atoms with Gasteiger partial charge in [-0.25, -0.2) is 0 Å². The lowest BCUT2D eigenvalue weighted by atomic mass is 9.84. The molecule has 0 bridgehead atoms. The van der Waals surface area contributed by atoms with Crippen LogP contribution in [0.25, 0.3) is 0 Å². The Hall–Kier alpha value is -0.940. The average molecular weight is 279 g/mol. The molecule has 112 valence electrons. The highest BCUT2D eigenvalue weighted by molar-refractivity contribution is 5.04. The van der Waals surface area contributed by atoms with E-state index in [1.165, 1.54) is 19.3 Å². The van der Waals surface area contributed by atoms with Crippen molar-refractivity contribution in [2.75, 3.05) is 19.8 Å². The summed E-state index contributed by atoms with van der Waals surface area (Å²) in [7, 11) is 0. The van der Waals surface area contributed by atoms with Gasteiger partial charge in [-0.05, 0) is 32.2 Å². The number of nitrogens with zero attached hydrogens (tertiary/aromatic N) is 2. The summed E-state index contributed by atoms with van der Waals surface area (Å²) in [4.78, 5) is 4.69. The molecule has 3 unspecified atom stereocenters. The van der Waals surface area contributed by atoms with E-state index in [1.807, 2.05) is 0 Å². The lowest BCUT2D eigenvalue weighted by Gasteiger charge is -2.29. The van der Waals surface area contributed by atoms with E-state index >= 15 is 0 Å². The fourth-order valence-corrected chi connectivity index (χ4v) is 3.44. The molecule has 2 fully saturated rings. The minimum absolute atomic E-state index is 0.322. The summed E-state index contributed by atoms with van der Waals surface area (Å²) in [5, 5.41) is 7.79. The van der Waals surface area contributed by atoms with Crippen LogP contribution in [0.15, 0.2) is 4.52 Å². The van der Waals surface area contributed by atoms with Crippen LogP contribution in [0, 0.1) is 0 Å². The fourth-order valence-electron chi connectivity index (χ4n) is 3.44. The Morgan fingerprint density at radius 3 is 2.90 bits per heavy atom. The Balaban J connectivity index is 1.70. The van der Waals surface area contributed by atoms with Crippen LogP contribution in [0.4, 0.5) is 0 Å². The molecule has 1 aliphatic heterocycles. The first-order valence-corrected chi connectivity index (χ1v) is 8.03. The summed E-state index contributed by atoms with van der Waals surface area (Å²) in [5.41, 5.74) is 0. The van der Waals surface area contributed by atoms with Crippen molar-refractivity contribution in [1.82, 2.24) is 15.5 Å². The van der Waals surface area contributed by atoms with Crippen LogP contribution >= 0.6 is 0 Å². The van der Waals surface area contributed by atoms with Crippen LogP contribution in [0.5, 0.6) is 0 Å². The van der Waals surface area contributed by atoms with E-state index in [9.17, 15) is 0 Å². The molecule has 3 rings (SSSR count). The first-order valence-electron chi connectivity index (χ1n) is 8.03. The summed E-state index contributed by atoms with van der Waals surface area (Å²) in [6, 6.07) is 0.490.